The zero-order chi connectivity index (χ0) is 16.4. The van der Waals surface area contributed by atoms with Gasteiger partial charge in [-0.3, -0.25) is 4.98 Å². The third-order valence-corrected chi connectivity index (χ3v) is 4.32. The van der Waals surface area contributed by atoms with Crippen LogP contribution in [0.5, 0.6) is 5.75 Å². The zero-order valence-corrected chi connectivity index (χ0v) is 13.2. The van der Waals surface area contributed by atoms with E-state index in [4.69, 9.17) is 0 Å². The Hall–Kier alpha value is -3.13. The van der Waals surface area contributed by atoms with E-state index < -0.39 is 0 Å². The third-order valence-electron chi connectivity index (χ3n) is 4.32. The molecule has 0 aliphatic heterocycles. The van der Waals surface area contributed by atoms with Gasteiger partial charge in [0.2, 0.25) is 0 Å². The van der Waals surface area contributed by atoms with Gasteiger partial charge in [0.15, 0.2) is 0 Å². The van der Waals surface area contributed by atoms with Crippen molar-refractivity contribution in [2.45, 2.75) is 6.42 Å². The quantitative estimate of drug-likeness (QED) is 0.426. The number of rotatable bonds is 0. The Bertz CT molecular complexity index is 958. The highest BCUT2D eigenvalue weighted by Gasteiger charge is 2.15. The Labute approximate surface area is 141 Å². The SMILES string of the molecule is Oc1cccc2cccnc12.c1ccc2c(c1)Cc1ccccc1-2. The Morgan fingerprint density at radius 3 is 1.96 bits per heavy atom. The maximum atomic E-state index is 9.31. The predicted octanol–water partition coefficient (Wildman–Crippen LogP) is 5.20. The lowest BCUT2D eigenvalue weighted by atomic mass is 10.1. The minimum Gasteiger partial charge on any atom is -0.506 e. The normalized spacial score (nSPS) is 11.3. The summed E-state index contributed by atoms with van der Waals surface area (Å²) in [5.41, 5.74) is 6.42. The van der Waals surface area contributed by atoms with Crippen LogP contribution in [0.2, 0.25) is 0 Å². The molecule has 3 aromatic carbocycles. The van der Waals surface area contributed by atoms with E-state index in [2.05, 4.69) is 53.5 Å². The van der Waals surface area contributed by atoms with Crippen molar-refractivity contribution in [1.82, 2.24) is 4.98 Å². The van der Waals surface area contributed by atoms with E-state index in [1.807, 2.05) is 18.2 Å². The van der Waals surface area contributed by atoms with Crippen molar-refractivity contribution in [3.63, 3.8) is 0 Å². The molecule has 116 valence electrons. The summed E-state index contributed by atoms with van der Waals surface area (Å²) in [5, 5.41) is 10.3. The van der Waals surface area contributed by atoms with Gasteiger partial charge in [0.05, 0.1) is 0 Å². The topological polar surface area (TPSA) is 33.1 Å². The molecule has 1 aromatic heterocycles. The summed E-state index contributed by atoms with van der Waals surface area (Å²) in [6.07, 6.45) is 2.77. The number of benzene rings is 3. The number of phenolic OH excluding ortho intramolecular Hbond substituents is 1. The molecule has 1 aliphatic rings. The molecule has 0 saturated heterocycles. The van der Waals surface area contributed by atoms with Crippen LogP contribution >= 0.6 is 0 Å². The number of aromatic hydroxyl groups is 1. The van der Waals surface area contributed by atoms with Crippen LogP contribution in [-0.2, 0) is 6.42 Å². The Kier molecular flexibility index (Phi) is 3.72. The molecule has 0 radical (unpaired) electrons. The summed E-state index contributed by atoms with van der Waals surface area (Å²) >= 11 is 0. The summed E-state index contributed by atoms with van der Waals surface area (Å²) in [6, 6.07) is 26.4. The number of fused-ring (bicyclic) bond motifs is 4. The van der Waals surface area contributed by atoms with Gasteiger partial charge in [-0.2, -0.15) is 0 Å². The van der Waals surface area contributed by atoms with Crippen molar-refractivity contribution < 1.29 is 5.11 Å². The summed E-state index contributed by atoms with van der Waals surface area (Å²) in [4.78, 5) is 4.03. The van der Waals surface area contributed by atoms with Crippen molar-refractivity contribution >= 4 is 10.9 Å². The van der Waals surface area contributed by atoms with E-state index in [0.717, 1.165) is 11.8 Å². The summed E-state index contributed by atoms with van der Waals surface area (Å²) in [5.74, 6) is 0.239. The molecule has 0 spiro atoms. The molecule has 2 nitrogen and oxygen atoms in total. The van der Waals surface area contributed by atoms with Gasteiger partial charge in [0.1, 0.15) is 11.3 Å². The summed E-state index contributed by atoms with van der Waals surface area (Å²) in [7, 11) is 0. The number of aromatic nitrogens is 1. The second-order valence-corrected chi connectivity index (χ2v) is 5.84. The molecule has 1 aliphatic carbocycles. The van der Waals surface area contributed by atoms with Crippen molar-refractivity contribution in [3.05, 3.63) is 96.2 Å². The second kappa shape index (κ2) is 6.17. The number of pyridine rings is 1. The number of hydrogen-bond donors (Lipinski definition) is 1. The first-order valence-corrected chi connectivity index (χ1v) is 8.02. The monoisotopic (exact) mass is 311 g/mol. The van der Waals surface area contributed by atoms with Gasteiger partial charge >= 0.3 is 0 Å². The van der Waals surface area contributed by atoms with Crippen molar-refractivity contribution in [1.29, 1.82) is 0 Å². The van der Waals surface area contributed by atoms with Gasteiger partial charge in [-0.15, -0.1) is 0 Å². The zero-order valence-electron chi connectivity index (χ0n) is 13.2. The Balaban J connectivity index is 0.000000123. The molecule has 5 rings (SSSR count). The highest BCUT2D eigenvalue weighted by Crippen LogP contribution is 2.35. The van der Waals surface area contributed by atoms with E-state index in [1.165, 1.54) is 22.3 Å². The van der Waals surface area contributed by atoms with Crippen LogP contribution in [0.25, 0.3) is 22.0 Å². The van der Waals surface area contributed by atoms with E-state index in [9.17, 15) is 5.11 Å². The van der Waals surface area contributed by atoms with Crippen LogP contribution in [0.15, 0.2) is 85.1 Å². The van der Waals surface area contributed by atoms with Crippen LogP contribution in [0.1, 0.15) is 11.1 Å². The first kappa shape index (κ1) is 14.5. The molecule has 0 amide bonds. The highest BCUT2D eigenvalue weighted by molar-refractivity contribution is 5.83. The molecule has 24 heavy (non-hydrogen) atoms. The van der Waals surface area contributed by atoms with Crippen molar-refractivity contribution in [2.75, 3.05) is 0 Å². The van der Waals surface area contributed by atoms with E-state index >= 15 is 0 Å². The predicted molar refractivity (Wildman–Crippen MR) is 98.1 cm³/mol. The third kappa shape index (κ3) is 2.63. The molecule has 2 heteroatoms. The highest BCUT2D eigenvalue weighted by atomic mass is 16.3. The maximum Gasteiger partial charge on any atom is 0.141 e. The fourth-order valence-electron chi connectivity index (χ4n) is 3.17. The number of phenols is 1. The molecule has 4 aromatic rings. The lowest BCUT2D eigenvalue weighted by molar-refractivity contribution is 0.480. The molecule has 1 N–H and O–H groups in total. The first-order chi connectivity index (χ1) is 11.8. The van der Waals surface area contributed by atoms with Crippen LogP contribution < -0.4 is 0 Å². The second-order valence-electron chi connectivity index (χ2n) is 5.84. The summed E-state index contributed by atoms with van der Waals surface area (Å²) < 4.78 is 0. The molecule has 0 saturated carbocycles. The minimum atomic E-state index is 0.239. The van der Waals surface area contributed by atoms with Crippen LogP contribution in [-0.4, -0.2) is 10.1 Å². The van der Waals surface area contributed by atoms with Crippen LogP contribution in [0.3, 0.4) is 0 Å². The Morgan fingerprint density at radius 2 is 1.29 bits per heavy atom. The molecular weight excluding hydrogens is 294 g/mol. The number of nitrogens with zero attached hydrogens (tertiary/aromatic N) is 1. The fraction of sp³-hybridized carbons (Fsp3) is 0.0455. The van der Waals surface area contributed by atoms with Crippen LogP contribution in [0, 0.1) is 0 Å². The standard InChI is InChI=1S/C13H10.C9H7NO/c1-3-7-12-10(5-1)9-11-6-2-4-8-13(11)12;11-8-5-1-3-7-4-2-6-10-9(7)8/h1-8H,9H2;1-6,11H. The van der Waals surface area contributed by atoms with Crippen LogP contribution in [0.4, 0.5) is 0 Å². The molecular formula is C22H17NO. The average Bonchev–Trinajstić information content (AvgIpc) is 3.02. The van der Waals surface area contributed by atoms with Gasteiger partial charge < -0.3 is 5.11 Å². The van der Waals surface area contributed by atoms with E-state index in [1.54, 1.807) is 18.3 Å². The van der Waals surface area contributed by atoms with Gasteiger partial charge in [-0.05, 0) is 40.8 Å². The van der Waals surface area contributed by atoms with Gasteiger partial charge in [0.25, 0.3) is 0 Å². The average molecular weight is 311 g/mol. The van der Waals surface area contributed by atoms with Crippen molar-refractivity contribution in [3.8, 4) is 16.9 Å². The maximum absolute atomic E-state index is 9.31. The van der Waals surface area contributed by atoms with Gasteiger partial charge in [-0.25, -0.2) is 0 Å². The first-order valence-electron chi connectivity index (χ1n) is 8.02. The lowest BCUT2D eigenvalue weighted by Crippen LogP contribution is -1.77. The molecule has 1 heterocycles. The fourth-order valence-corrected chi connectivity index (χ4v) is 3.17. The van der Waals surface area contributed by atoms with Gasteiger partial charge in [0, 0.05) is 11.6 Å². The lowest BCUT2D eigenvalue weighted by Gasteiger charge is -1.98. The molecule has 0 atom stereocenters. The minimum absolute atomic E-state index is 0.239. The van der Waals surface area contributed by atoms with E-state index in [0.29, 0.717) is 5.52 Å². The van der Waals surface area contributed by atoms with Gasteiger partial charge in [-0.1, -0.05) is 66.7 Å². The molecule has 0 unspecified atom stereocenters. The number of para-hydroxylation sites is 1. The molecule has 0 bridgehead atoms. The van der Waals surface area contributed by atoms with E-state index in [-0.39, 0.29) is 5.75 Å². The largest absolute Gasteiger partial charge is 0.506 e. The number of hydrogen-bond acceptors (Lipinski definition) is 2. The summed E-state index contributed by atoms with van der Waals surface area (Å²) in [6.45, 7) is 0. The smallest absolute Gasteiger partial charge is 0.141 e. The Morgan fingerprint density at radius 1 is 0.667 bits per heavy atom. The van der Waals surface area contributed by atoms with Crippen molar-refractivity contribution in [2.24, 2.45) is 0 Å². The molecule has 0 fully saturated rings.